The van der Waals surface area contributed by atoms with Crippen molar-refractivity contribution in [3.05, 3.63) is 54.6 Å². The summed E-state index contributed by atoms with van der Waals surface area (Å²) in [4.78, 5) is 8.19. The number of anilines is 1. The predicted molar refractivity (Wildman–Crippen MR) is 118 cm³/mol. The Hall–Kier alpha value is -2.65. The van der Waals surface area contributed by atoms with Gasteiger partial charge in [-0.25, -0.2) is 21.5 Å². The number of pyridine rings is 2. The molecule has 1 aliphatic rings. The maximum Gasteiger partial charge on any atom is 0.265 e. The predicted octanol–water partition coefficient (Wildman–Crippen LogP) is 4.46. The SMILES string of the molecule is CCS(=O)(=O)N1CCC(Nc2cc(-c3cncc(C(F)F)c3)cc3ccncc23)CC1. The van der Waals surface area contributed by atoms with Crippen LogP contribution in [0.4, 0.5) is 14.5 Å². The monoisotopic (exact) mass is 446 g/mol. The number of sulfonamides is 1. The Morgan fingerprint density at radius 2 is 1.87 bits per heavy atom. The first-order valence-electron chi connectivity index (χ1n) is 10.2. The average Bonchev–Trinajstić information content (AvgIpc) is 2.79. The lowest BCUT2D eigenvalue weighted by molar-refractivity contribution is 0.151. The number of halogens is 2. The van der Waals surface area contributed by atoms with Gasteiger partial charge in [-0.05, 0) is 55.0 Å². The van der Waals surface area contributed by atoms with Gasteiger partial charge >= 0.3 is 0 Å². The minimum Gasteiger partial charge on any atom is -0.382 e. The second-order valence-electron chi connectivity index (χ2n) is 7.65. The highest BCUT2D eigenvalue weighted by Gasteiger charge is 2.27. The van der Waals surface area contributed by atoms with Crippen LogP contribution in [0.15, 0.2) is 49.1 Å². The Morgan fingerprint density at radius 1 is 1.10 bits per heavy atom. The van der Waals surface area contributed by atoms with Crippen molar-refractivity contribution in [3.63, 3.8) is 0 Å². The van der Waals surface area contributed by atoms with E-state index in [0.29, 0.717) is 31.5 Å². The van der Waals surface area contributed by atoms with Gasteiger partial charge in [0, 0.05) is 66.1 Å². The Morgan fingerprint density at radius 3 is 2.58 bits per heavy atom. The van der Waals surface area contributed by atoms with E-state index in [1.807, 2.05) is 18.2 Å². The Labute approximate surface area is 180 Å². The van der Waals surface area contributed by atoms with Gasteiger partial charge in [-0.15, -0.1) is 0 Å². The van der Waals surface area contributed by atoms with Gasteiger partial charge < -0.3 is 5.32 Å². The van der Waals surface area contributed by atoms with Gasteiger partial charge in [-0.1, -0.05) is 0 Å². The molecule has 0 saturated carbocycles. The zero-order chi connectivity index (χ0) is 22.0. The molecule has 3 heterocycles. The number of hydrogen-bond donors (Lipinski definition) is 1. The maximum absolute atomic E-state index is 13.1. The first-order chi connectivity index (χ1) is 14.9. The minimum atomic E-state index is -3.18. The van der Waals surface area contributed by atoms with Crippen molar-refractivity contribution in [1.82, 2.24) is 14.3 Å². The molecule has 4 rings (SSSR count). The molecular formula is C22H24F2N4O2S. The first-order valence-corrected chi connectivity index (χ1v) is 11.8. The summed E-state index contributed by atoms with van der Waals surface area (Å²) in [6, 6.07) is 7.30. The van der Waals surface area contributed by atoms with Crippen molar-refractivity contribution in [2.75, 3.05) is 24.2 Å². The fourth-order valence-electron chi connectivity index (χ4n) is 3.90. The van der Waals surface area contributed by atoms with E-state index in [2.05, 4.69) is 15.3 Å². The largest absolute Gasteiger partial charge is 0.382 e. The van der Waals surface area contributed by atoms with Crippen LogP contribution in [0.25, 0.3) is 21.9 Å². The molecule has 164 valence electrons. The molecule has 1 fully saturated rings. The fourth-order valence-corrected chi connectivity index (χ4v) is 5.03. The highest BCUT2D eigenvalue weighted by Crippen LogP contribution is 2.33. The van der Waals surface area contributed by atoms with E-state index in [9.17, 15) is 17.2 Å². The summed E-state index contributed by atoms with van der Waals surface area (Å²) < 4.78 is 52.0. The molecular weight excluding hydrogens is 422 g/mol. The van der Waals surface area contributed by atoms with E-state index in [1.165, 1.54) is 12.3 Å². The zero-order valence-corrected chi connectivity index (χ0v) is 17.9. The molecule has 0 bridgehead atoms. The number of nitrogens with one attached hydrogen (secondary N) is 1. The third kappa shape index (κ3) is 4.67. The van der Waals surface area contributed by atoms with Crippen LogP contribution in [0.5, 0.6) is 0 Å². The maximum atomic E-state index is 13.1. The van der Waals surface area contributed by atoms with Crippen molar-refractivity contribution in [2.24, 2.45) is 0 Å². The van der Waals surface area contributed by atoms with Gasteiger partial charge in [0.25, 0.3) is 6.43 Å². The quantitative estimate of drug-likeness (QED) is 0.605. The number of hydrogen-bond acceptors (Lipinski definition) is 5. The standard InChI is InChI=1S/C22H24F2N4O2S/c1-2-31(29,30)28-7-4-19(5-8-28)27-21-11-16(9-15-3-6-25-14-20(15)21)17-10-18(22(23)24)13-26-12-17/h3,6,9-14,19,22,27H,2,4-5,7-8H2,1H3. The molecule has 0 amide bonds. The van der Waals surface area contributed by atoms with Crippen LogP contribution in [-0.2, 0) is 10.0 Å². The van der Waals surface area contributed by atoms with Crippen LogP contribution >= 0.6 is 0 Å². The van der Waals surface area contributed by atoms with Gasteiger partial charge in [0.1, 0.15) is 0 Å². The fraction of sp³-hybridized carbons (Fsp3) is 0.364. The number of rotatable bonds is 6. The average molecular weight is 447 g/mol. The van der Waals surface area contributed by atoms with Crippen molar-refractivity contribution in [3.8, 4) is 11.1 Å². The lowest BCUT2D eigenvalue weighted by Crippen LogP contribution is -2.42. The van der Waals surface area contributed by atoms with E-state index in [1.54, 1.807) is 29.8 Å². The van der Waals surface area contributed by atoms with Crippen LogP contribution in [0.2, 0.25) is 0 Å². The molecule has 1 saturated heterocycles. The normalized spacial score (nSPS) is 16.1. The Bertz CT molecular complexity index is 1180. The molecule has 0 aliphatic carbocycles. The lowest BCUT2D eigenvalue weighted by Gasteiger charge is -2.32. The molecule has 1 aliphatic heterocycles. The molecule has 1 aromatic carbocycles. The van der Waals surface area contributed by atoms with E-state index < -0.39 is 16.4 Å². The van der Waals surface area contributed by atoms with Crippen molar-refractivity contribution >= 4 is 26.5 Å². The van der Waals surface area contributed by atoms with Crippen molar-refractivity contribution < 1.29 is 17.2 Å². The zero-order valence-electron chi connectivity index (χ0n) is 17.1. The van der Waals surface area contributed by atoms with Crippen LogP contribution < -0.4 is 5.32 Å². The van der Waals surface area contributed by atoms with Gasteiger partial charge in [0.05, 0.1) is 5.75 Å². The molecule has 6 nitrogen and oxygen atoms in total. The topological polar surface area (TPSA) is 75.2 Å². The third-order valence-electron chi connectivity index (χ3n) is 5.67. The number of fused-ring (bicyclic) bond motifs is 1. The summed E-state index contributed by atoms with van der Waals surface area (Å²) in [5, 5.41) is 5.39. The highest BCUT2D eigenvalue weighted by atomic mass is 32.2. The van der Waals surface area contributed by atoms with E-state index in [4.69, 9.17) is 0 Å². The third-order valence-corrected chi connectivity index (χ3v) is 7.55. The van der Waals surface area contributed by atoms with Crippen molar-refractivity contribution in [2.45, 2.75) is 32.2 Å². The molecule has 2 aromatic heterocycles. The summed E-state index contributed by atoms with van der Waals surface area (Å²) in [5.74, 6) is 0.106. The van der Waals surface area contributed by atoms with Crippen LogP contribution in [0.1, 0.15) is 31.8 Å². The highest BCUT2D eigenvalue weighted by molar-refractivity contribution is 7.89. The Balaban J connectivity index is 1.63. The van der Waals surface area contributed by atoms with Crippen LogP contribution in [-0.4, -0.2) is 47.6 Å². The van der Waals surface area contributed by atoms with E-state index >= 15 is 0 Å². The second kappa shape index (κ2) is 8.84. The second-order valence-corrected chi connectivity index (χ2v) is 9.90. The van der Waals surface area contributed by atoms with Gasteiger partial charge in [-0.3, -0.25) is 9.97 Å². The number of piperidine rings is 1. The number of benzene rings is 1. The smallest absolute Gasteiger partial charge is 0.265 e. The number of aromatic nitrogens is 2. The summed E-state index contributed by atoms with van der Waals surface area (Å²) in [6.07, 6.45) is 5.01. The van der Waals surface area contributed by atoms with Gasteiger partial charge in [0.2, 0.25) is 10.0 Å². The molecule has 31 heavy (non-hydrogen) atoms. The lowest BCUT2D eigenvalue weighted by atomic mass is 9.99. The molecule has 0 atom stereocenters. The van der Waals surface area contributed by atoms with Crippen LogP contribution in [0.3, 0.4) is 0 Å². The summed E-state index contributed by atoms with van der Waals surface area (Å²) in [6.45, 7) is 2.61. The molecule has 0 unspecified atom stereocenters. The summed E-state index contributed by atoms with van der Waals surface area (Å²) in [5.41, 5.74) is 2.12. The van der Waals surface area contributed by atoms with Gasteiger partial charge in [0.15, 0.2) is 0 Å². The molecule has 3 aromatic rings. The van der Waals surface area contributed by atoms with Gasteiger partial charge in [-0.2, -0.15) is 0 Å². The Kier molecular flexibility index (Phi) is 6.15. The molecule has 0 radical (unpaired) electrons. The molecule has 0 spiro atoms. The number of alkyl halides is 2. The van der Waals surface area contributed by atoms with E-state index in [0.717, 1.165) is 22.0 Å². The number of nitrogens with zero attached hydrogens (tertiary/aromatic N) is 3. The minimum absolute atomic E-state index is 0.104. The summed E-state index contributed by atoms with van der Waals surface area (Å²) >= 11 is 0. The molecule has 9 heteroatoms. The van der Waals surface area contributed by atoms with E-state index in [-0.39, 0.29) is 17.4 Å². The van der Waals surface area contributed by atoms with Crippen molar-refractivity contribution in [1.29, 1.82) is 0 Å². The molecule has 1 N–H and O–H groups in total. The van der Waals surface area contributed by atoms with Crippen LogP contribution in [0, 0.1) is 0 Å². The first kappa shape index (κ1) is 21.6. The summed E-state index contributed by atoms with van der Waals surface area (Å²) in [7, 11) is -3.18.